The van der Waals surface area contributed by atoms with Crippen molar-refractivity contribution >= 4 is 11.6 Å². The third kappa shape index (κ3) is 3.70. The van der Waals surface area contributed by atoms with E-state index in [0.29, 0.717) is 36.4 Å². The summed E-state index contributed by atoms with van der Waals surface area (Å²) in [6.45, 7) is 6.89. The van der Waals surface area contributed by atoms with E-state index in [2.05, 4.69) is 26.1 Å². The number of Topliss-reactive ketones (excluding diaryl/α,β-unsaturated/α-hetero) is 1. The monoisotopic (exact) mass is 437 g/mol. The topological polar surface area (TPSA) is 82.3 Å². The Bertz CT molecular complexity index is 1220. The largest absolute Gasteiger partial charge is 0.494 e. The maximum atomic E-state index is 13.3. The second kappa shape index (κ2) is 8.11. The number of carbonyl (C=O) groups is 1. The number of unbranched alkanes of at least 4 members (excludes halogenated alkanes) is 1. The van der Waals surface area contributed by atoms with Crippen LogP contribution in [0.3, 0.4) is 0 Å². The molecule has 7 nitrogen and oxygen atoms in total. The Hall–Kier alpha value is -3.09. The molecule has 4 rings (SSSR count). The molecule has 0 spiro atoms. The lowest BCUT2D eigenvalue weighted by molar-refractivity contribution is -0.118. The minimum Gasteiger partial charge on any atom is -0.494 e. The summed E-state index contributed by atoms with van der Waals surface area (Å²) in [5, 5.41) is 3.29. The van der Waals surface area contributed by atoms with Gasteiger partial charge in [-0.05, 0) is 36.0 Å². The summed E-state index contributed by atoms with van der Waals surface area (Å²) in [5.74, 6) is 0.740. The standard InChI is InChI=1S/C25H31N3O4/c1-6-7-12-32-16-10-8-15(9-11-16)19-20-17(13-25(2,3)14-18(20)29)26-22-21(19)23(30)28(5)24(31)27(22)4/h8-11,19,26H,6-7,12-14H2,1-5H3/t19-/m1/s1. The summed E-state index contributed by atoms with van der Waals surface area (Å²) >= 11 is 0. The van der Waals surface area contributed by atoms with Crippen LogP contribution in [0.5, 0.6) is 5.75 Å². The van der Waals surface area contributed by atoms with Gasteiger partial charge in [0.05, 0.1) is 12.2 Å². The molecule has 0 radical (unpaired) electrons. The Morgan fingerprint density at radius 3 is 2.41 bits per heavy atom. The van der Waals surface area contributed by atoms with Gasteiger partial charge in [-0.15, -0.1) is 0 Å². The first-order valence-corrected chi connectivity index (χ1v) is 11.2. The number of hydrogen-bond acceptors (Lipinski definition) is 5. The first-order chi connectivity index (χ1) is 15.1. The first-order valence-electron chi connectivity index (χ1n) is 11.2. The number of rotatable bonds is 5. The summed E-state index contributed by atoms with van der Waals surface area (Å²) in [7, 11) is 3.12. The summed E-state index contributed by atoms with van der Waals surface area (Å²) in [6.07, 6.45) is 3.13. The third-order valence-electron chi connectivity index (χ3n) is 6.45. The zero-order valence-corrected chi connectivity index (χ0v) is 19.4. The number of carbonyl (C=O) groups excluding carboxylic acids is 1. The van der Waals surface area contributed by atoms with E-state index in [-0.39, 0.29) is 16.8 Å². The fourth-order valence-corrected chi connectivity index (χ4v) is 4.77. The predicted molar refractivity (Wildman–Crippen MR) is 124 cm³/mol. The number of ketones is 1. The molecule has 2 heterocycles. The van der Waals surface area contributed by atoms with Crippen molar-refractivity contribution in [2.45, 2.75) is 52.4 Å². The van der Waals surface area contributed by atoms with Crippen molar-refractivity contribution in [3.8, 4) is 5.75 Å². The molecule has 0 amide bonds. The highest BCUT2D eigenvalue weighted by atomic mass is 16.5. The highest BCUT2D eigenvalue weighted by Crippen LogP contribution is 2.47. The third-order valence-corrected chi connectivity index (χ3v) is 6.45. The predicted octanol–water partition coefficient (Wildman–Crippen LogP) is 3.46. The number of anilines is 1. The molecule has 0 saturated heterocycles. The van der Waals surface area contributed by atoms with E-state index >= 15 is 0 Å². The fourth-order valence-electron chi connectivity index (χ4n) is 4.77. The zero-order chi connectivity index (χ0) is 23.2. The molecule has 1 atom stereocenters. The van der Waals surface area contributed by atoms with Crippen molar-refractivity contribution < 1.29 is 9.53 Å². The molecule has 170 valence electrons. The number of aromatic nitrogens is 2. The Morgan fingerprint density at radius 1 is 1.06 bits per heavy atom. The average Bonchev–Trinajstić information content (AvgIpc) is 2.75. The van der Waals surface area contributed by atoms with Crippen LogP contribution in [0, 0.1) is 5.41 Å². The molecular weight excluding hydrogens is 406 g/mol. The van der Waals surface area contributed by atoms with Gasteiger partial charge in [-0.1, -0.05) is 39.3 Å². The Labute approximate surface area is 187 Å². The van der Waals surface area contributed by atoms with Crippen LogP contribution in [0.2, 0.25) is 0 Å². The zero-order valence-electron chi connectivity index (χ0n) is 19.4. The lowest BCUT2D eigenvalue weighted by Crippen LogP contribution is -2.45. The normalized spacial score (nSPS) is 19.3. The van der Waals surface area contributed by atoms with E-state index in [1.807, 2.05) is 24.3 Å². The number of fused-ring (bicyclic) bond motifs is 1. The molecule has 1 aromatic heterocycles. The van der Waals surface area contributed by atoms with E-state index in [1.54, 1.807) is 7.05 Å². The van der Waals surface area contributed by atoms with Crippen LogP contribution in [-0.2, 0) is 18.9 Å². The molecule has 0 unspecified atom stereocenters. The van der Waals surface area contributed by atoms with Gasteiger partial charge in [0.25, 0.3) is 5.56 Å². The molecule has 0 saturated carbocycles. The fraction of sp³-hybridized carbons (Fsp3) is 0.480. The first kappa shape index (κ1) is 22.1. The van der Waals surface area contributed by atoms with E-state index < -0.39 is 11.6 Å². The van der Waals surface area contributed by atoms with Gasteiger partial charge in [-0.25, -0.2) is 4.79 Å². The molecule has 1 aliphatic heterocycles. The van der Waals surface area contributed by atoms with Gasteiger partial charge in [0.1, 0.15) is 11.6 Å². The van der Waals surface area contributed by atoms with Crippen LogP contribution in [0.4, 0.5) is 5.82 Å². The van der Waals surface area contributed by atoms with Gasteiger partial charge in [0.2, 0.25) is 0 Å². The molecule has 2 aromatic rings. The minimum absolute atomic E-state index is 0.0404. The van der Waals surface area contributed by atoms with E-state index in [4.69, 9.17) is 4.74 Å². The van der Waals surface area contributed by atoms with Crippen LogP contribution in [-0.4, -0.2) is 21.5 Å². The molecule has 1 aromatic carbocycles. The van der Waals surface area contributed by atoms with Crippen molar-refractivity contribution in [1.29, 1.82) is 0 Å². The SMILES string of the molecule is CCCCOc1ccc([C@@H]2C3=C(CC(C)(C)CC3=O)Nc3c2c(=O)n(C)c(=O)n3C)cc1. The van der Waals surface area contributed by atoms with Crippen LogP contribution in [0.1, 0.15) is 63.5 Å². The summed E-state index contributed by atoms with van der Waals surface area (Å²) in [4.78, 5) is 39.2. The van der Waals surface area contributed by atoms with Gasteiger partial charge in [-0.2, -0.15) is 0 Å². The Kier molecular flexibility index (Phi) is 5.61. The van der Waals surface area contributed by atoms with Gasteiger partial charge < -0.3 is 10.1 Å². The van der Waals surface area contributed by atoms with Gasteiger partial charge >= 0.3 is 5.69 Å². The highest BCUT2D eigenvalue weighted by Gasteiger charge is 2.42. The number of allylic oxidation sites excluding steroid dienone is 2. The van der Waals surface area contributed by atoms with Crippen LogP contribution in [0.15, 0.2) is 45.1 Å². The molecule has 0 bridgehead atoms. The maximum Gasteiger partial charge on any atom is 0.332 e. The smallest absolute Gasteiger partial charge is 0.332 e. The lowest BCUT2D eigenvalue weighted by Gasteiger charge is -2.39. The van der Waals surface area contributed by atoms with Crippen molar-refractivity contribution in [1.82, 2.24) is 9.13 Å². The number of nitrogens with one attached hydrogen (secondary N) is 1. The molecule has 2 aliphatic rings. The van der Waals surface area contributed by atoms with Crippen molar-refractivity contribution in [3.63, 3.8) is 0 Å². The second-order valence-electron chi connectivity index (χ2n) is 9.63. The Balaban J connectivity index is 1.89. The van der Waals surface area contributed by atoms with Gasteiger partial charge in [-0.3, -0.25) is 18.7 Å². The number of ether oxygens (including phenoxy) is 1. The molecule has 0 fully saturated rings. The van der Waals surface area contributed by atoms with Crippen LogP contribution < -0.4 is 21.3 Å². The van der Waals surface area contributed by atoms with E-state index in [1.165, 1.54) is 11.6 Å². The second-order valence-corrected chi connectivity index (χ2v) is 9.63. The lowest BCUT2D eigenvalue weighted by atomic mass is 9.69. The highest BCUT2D eigenvalue weighted by molar-refractivity contribution is 6.01. The molecular formula is C25H31N3O4. The quantitative estimate of drug-likeness (QED) is 0.725. The molecule has 1 aliphatic carbocycles. The van der Waals surface area contributed by atoms with Gasteiger partial charge in [0, 0.05) is 37.7 Å². The van der Waals surface area contributed by atoms with Gasteiger partial charge in [0.15, 0.2) is 5.78 Å². The number of benzene rings is 1. The Morgan fingerprint density at radius 2 is 1.75 bits per heavy atom. The molecule has 7 heteroatoms. The van der Waals surface area contributed by atoms with Crippen molar-refractivity contribution in [2.24, 2.45) is 19.5 Å². The van der Waals surface area contributed by atoms with E-state index in [0.717, 1.165) is 34.4 Å². The van der Waals surface area contributed by atoms with Crippen LogP contribution in [0.25, 0.3) is 0 Å². The summed E-state index contributed by atoms with van der Waals surface area (Å²) < 4.78 is 8.36. The molecule has 32 heavy (non-hydrogen) atoms. The number of hydrogen-bond donors (Lipinski definition) is 1. The maximum absolute atomic E-state index is 13.3. The van der Waals surface area contributed by atoms with Crippen LogP contribution >= 0.6 is 0 Å². The minimum atomic E-state index is -0.528. The van der Waals surface area contributed by atoms with Crippen molar-refractivity contribution in [2.75, 3.05) is 11.9 Å². The molecule has 1 N–H and O–H groups in total. The number of nitrogens with zero attached hydrogens (tertiary/aromatic N) is 2. The van der Waals surface area contributed by atoms with Crippen molar-refractivity contribution in [3.05, 3.63) is 67.5 Å². The average molecular weight is 438 g/mol. The summed E-state index contributed by atoms with van der Waals surface area (Å²) in [5.41, 5.74) is 1.73. The van der Waals surface area contributed by atoms with E-state index in [9.17, 15) is 14.4 Å². The summed E-state index contributed by atoms with van der Waals surface area (Å²) in [6, 6.07) is 7.61.